The van der Waals surface area contributed by atoms with E-state index in [0.717, 1.165) is 0 Å². The van der Waals surface area contributed by atoms with Crippen molar-refractivity contribution in [1.82, 2.24) is 15.3 Å². The Labute approximate surface area is 149 Å². The molecule has 2 rings (SSSR count). The van der Waals surface area contributed by atoms with Crippen LogP contribution in [0.25, 0.3) is 0 Å². The second-order valence-electron chi connectivity index (χ2n) is 3.59. The summed E-state index contributed by atoms with van der Waals surface area (Å²) in [6, 6.07) is 6.22. The maximum atomic E-state index is 10.9. The number of hydrogen-bond donors (Lipinski definition) is 2. The van der Waals surface area contributed by atoms with E-state index < -0.39 is 5.24 Å². The second-order valence-corrected chi connectivity index (χ2v) is 4.71. The van der Waals surface area contributed by atoms with Crippen molar-refractivity contribution in [2.75, 3.05) is 14.1 Å². The van der Waals surface area contributed by atoms with Gasteiger partial charge in [-0.15, -0.1) is 0 Å². The molecule has 0 aromatic carbocycles. The lowest BCUT2D eigenvalue weighted by atomic mass is 10.3. The number of nitrogens with zero attached hydrogens (tertiary/aromatic N) is 2. The quantitative estimate of drug-likeness (QED) is 0.619. The molecule has 23 heavy (non-hydrogen) atoms. The summed E-state index contributed by atoms with van der Waals surface area (Å²) in [7, 11) is 3.07. The number of carbonyl (C=O) groups excluding carboxylic acids is 2. The zero-order valence-corrected chi connectivity index (χ0v) is 14.7. The van der Waals surface area contributed by atoms with Crippen LogP contribution in [0, 0.1) is 0 Å². The number of nitrogens with two attached hydrogens (primary N) is 1. The molecule has 0 radical (unpaired) electrons. The van der Waals surface area contributed by atoms with Gasteiger partial charge in [-0.2, -0.15) is 0 Å². The first-order valence-electron chi connectivity index (χ1n) is 6.16. The van der Waals surface area contributed by atoms with Gasteiger partial charge in [0, 0.05) is 19.4 Å². The van der Waals surface area contributed by atoms with Crippen molar-refractivity contribution in [3.63, 3.8) is 0 Å². The predicted molar refractivity (Wildman–Crippen MR) is 92.2 cm³/mol. The Balaban J connectivity index is 0.000000381. The molecule has 0 spiro atoms. The maximum Gasteiger partial charge on any atom is 0.253 e. The van der Waals surface area contributed by atoms with E-state index in [-0.39, 0.29) is 5.91 Å². The van der Waals surface area contributed by atoms with E-state index >= 15 is 0 Å². The first kappa shape index (κ1) is 21.3. The van der Waals surface area contributed by atoms with Crippen LogP contribution in [0.3, 0.4) is 0 Å². The van der Waals surface area contributed by atoms with Gasteiger partial charge < -0.3 is 11.1 Å². The van der Waals surface area contributed by atoms with Crippen molar-refractivity contribution in [3.05, 3.63) is 58.1 Å². The van der Waals surface area contributed by atoms with Crippen LogP contribution in [0.1, 0.15) is 20.7 Å². The summed E-state index contributed by atoms with van der Waals surface area (Å²) < 4.78 is 0. The first-order valence-corrected chi connectivity index (χ1v) is 7.30. The molecule has 9 heteroatoms. The topological polar surface area (TPSA) is 98.0 Å². The third-order valence-corrected chi connectivity index (χ3v) is 2.84. The Morgan fingerprint density at radius 1 is 0.957 bits per heavy atom. The molecule has 0 aliphatic carbocycles. The summed E-state index contributed by atoms with van der Waals surface area (Å²) in [6.07, 6.45) is 2.76. The molecule has 0 saturated carbocycles. The molecular weight excluding hydrogens is 363 g/mol. The molecule has 0 aliphatic heterocycles. The van der Waals surface area contributed by atoms with Crippen molar-refractivity contribution in [2.24, 2.45) is 5.73 Å². The van der Waals surface area contributed by atoms with Gasteiger partial charge in [0.05, 0.1) is 11.1 Å². The molecular formula is C14H15Cl3N4O2. The Morgan fingerprint density at radius 2 is 1.39 bits per heavy atom. The minimum atomic E-state index is -0.524. The average Bonchev–Trinajstić information content (AvgIpc) is 2.57. The van der Waals surface area contributed by atoms with Gasteiger partial charge in [-0.3, -0.25) is 9.59 Å². The molecule has 2 heterocycles. The third-order valence-electron chi connectivity index (χ3n) is 2.17. The predicted octanol–water partition coefficient (Wildman–Crippen LogP) is 2.78. The van der Waals surface area contributed by atoms with Crippen LogP contribution in [0.2, 0.25) is 10.3 Å². The Hall–Kier alpha value is -1.73. The van der Waals surface area contributed by atoms with Crippen molar-refractivity contribution >= 4 is 46.0 Å². The summed E-state index contributed by atoms with van der Waals surface area (Å²) in [5.74, 6) is -0.158. The normalized spacial score (nSPS) is 8.78. The minimum absolute atomic E-state index is 0.158. The van der Waals surface area contributed by atoms with E-state index in [4.69, 9.17) is 34.8 Å². The lowest BCUT2D eigenvalue weighted by Gasteiger charge is -1.96. The lowest BCUT2D eigenvalue weighted by Crippen LogP contribution is -2.17. The SMILES string of the molecule is CN.CNC(=O)c1ccc(Cl)nc1.O=C(Cl)c1ccc(Cl)nc1. The van der Waals surface area contributed by atoms with Gasteiger partial charge in [0.25, 0.3) is 11.1 Å². The third kappa shape index (κ3) is 8.47. The number of rotatable bonds is 2. The minimum Gasteiger partial charge on any atom is -0.355 e. The number of amides is 1. The molecule has 6 nitrogen and oxygen atoms in total. The summed E-state index contributed by atoms with van der Waals surface area (Å²) in [4.78, 5) is 28.8. The van der Waals surface area contributed by atoms with E-state index in [1.807, 2.05) is 0 Å². The van der Waals surface area contributed by atoms with Gasteiger partial charge in [0.15, 0.2) is 0 Å². The van der Waals surface area contributed by atoms with Crippen molar-refractivity contribution in [1.29, 1.82) is 0 Å². The number of carbonyl (C=O) groups is 2. The second kappa shape index (κ2) is 11.8. The number of aromatic nitrogens is 2. The Bertz CT molecular complexity index is 619. The molecule has 0 fully saturated rings. The van der Waals surface area contributed by atoms with Crippen LogP contribution in [-0.2, 0) is 0 Å². The fourth-order valence-electron chi connectivity index (χ4n) is 1.15. The van der Waals surface area contributed by atoms with Crippen LogP contribution in [0.5, 0.6) is 0 Å². The number of halogens is 3. The van der Waals surface area contributed by atoms with Gasteiger partial charge in [0.2, 0.25) is 0 Å². The zero-order valence-electron chi connectivity index (χ0n) is 12.4. The largest absolute Gasteiger partial charge is 0.355 e. The summed E-state index contributed by atoms with van der Waals surface area (Å²) in [5, 5.41) is 2.69. The van der Waals surface area contributed by atoms with Crippen LogP contribution in [-0.4, -0.2) is 35.2 Å². The highest BCUT2D eigenvalue weighted by atomic mass is 35.5. The highest BCUT2D eigenvalue weighted by Crippen LogP contribution is 2.07. The Kier molecular flexibility index (Phi) is 10.9. The van der Waals surface area contributed by atoms with Gasteiger partial charge >= 0.3 is 0 Å². The Morgan fingerprint density at radius 3 is 1.70 bits per heavy atom. The standard InChI is InChI=1S/C7H7ClN2O.C6H3Cl2NO.CH5N/c1-9-7(11)5-2-3-6(8)10-4-5;7-5-2-1-4(3-9-5)6(8)10;1-2/h2-4H,1H3,(H,9,11);1-3H;2H2,1H3. The van der Waals surface area contributed by atoms with Gasteiger partial charge in [-0.25, -0.2) is 9.97 Å². The van der Waals surface area contributed by atoms with Crippen molar-refractivity contribution in [3.8, 4) is 0 Å². The first-order chi connectivity index (χ1) is 10.9. The molecule has 124 valence electrons. The molecule has 0 bridgehead atoms. The van der Waals surface area contributed by atoms with Crippen LogP contribution in [0.15, 0.2) is 36.7 Å². The van der Waals surface area contributed by atoms with E-state index in [9.17, 15) is 9.59 Å². The fourth-order valence-corrected chi connectivity index (χ4v) is 1.48. The number of hydrogen-bond acceptors (Lipinski definition) is 5. The monoisotopic (exact) mass is 376 g/mol. The zero-order chi connectivity index (χ0) is 17.8. The maximum absolute atomic E-state index is 10.9. The molecule has 1 amide bonds. The highest BCUT2D eigenvalue weighted by molar-refractivity contribution is 6.67. The summed E-state index contributed by atoms with van der Waals surface area (Å²) in [6.45, 7) is 0. The van der Waals surface area contributed by atoms with Crippen molar-refractivity contribution < 1.29 is 9.59 Å². The number of nitrogens with one attached hydrogen (secondary N) is 1. The van der Waals surface area contributed by atoms with E-state index in [2.05, 4.69) is 21.0 Å². The number of pyridine rings is 2. The van der Waals surface area contributed by atoms with Crippen LogP contribution < -0.4 is 11.1 Å². The van der Waals surface area contributed by atoms with E-state index in [0.29, 0.717) is 21.4 Å². The molecule has 0 atom stereocenters. The van der Waals surface area contributed by atoms with E-state index in [1.54, 1.807) is 19.2 Å². The summed E-state index contributed by atoms with van der Waals surface area (Å²) in [5.41, 5.74) is 5.36. The summed E-state index contributed by atoms with van der Waals surface area (Å²) >= 11 is 16.1. The molecule has 2 aromatic heterocycles. The molecule has 0 unspecified atom stereocenters. The highest BCUT2D eigenvalue weighted by Gasteiger charge is 2.01. The van der Waals surface area contributed by atoms with Gasteiger partial charge in [-0.1, -0.05) is 23.2 Å². The smallest absolute Gasteiger partial charge is 0.253 e. The molecule has 3 N–H and O–H groups in total. The molecule has 2 aromatic rings. The molecule has 0 saturated heterocycles. The fraction of sp³-hybridized carbons (Fsp3) is 0.143. The van der Waals surface area contributed by atoms with Crippen molar-refractivity contribution in [2.45, 2.75) is 0 Å². The molecule has 0 aliphatic rings. The van der Waals surface area contributed by atoms with Gasteiger partial charge in [0.1, 0.15) is 10.3 Å². The lowest BCUT2D eigenvalue weighted by molar-refractivity contribution is 0.0962. The van der Waals surface area contributed by atoms with Crippen LogP contribution in [0.4, 0.5) is 0 Å². The average molecular weight is 378 g/mol. The van der Waals surface area contributed by atoms with E-state index in [1.165, 1.54) is 31.6 Å². The van der Waals surface area contributed by atoms with Crippen LogP contribution >= 0.6 is 34.8 Å². The van der Waals surface area contributed by atoms with Gasteiger partial charge in [-0.05, 0) is 42.9 Å².